The van der Waals surface area contributed by atoms with E-state index in [0.29, 0.717) is 22.3 Å². The minimum Gasteiger partial charge on any atom is -0.366 e. The summed E-state index contributed by atoms with van der Waals surface area (Å²) in [7, 11) is 0. The predicted molar refractivity (Wildman–Crippen MR) is 96.2 cm³/mol. The van der Waals surface area contributed by atoms with Crippen LogP contribution in [0.25, 0.3) is 11.3 Å². The molecule has 1 aromatic heterocycles. The Balaban J connectivity index is 0.00000169. The number of benzene rings is 1. The normalized spacial score (nSPS) is 25.2. The summed E-state index contributed by atoms with van der Waals surface area (Å²) in [6.45, 7) is 2.26. The first kappa shape index (κ1) is 17.4. The van der Waals surface area contributed by atoms with Crippen LogP contribution in [0, 0.1) is 17.7 Å². The van der Waals surface area contributed by atoms with Crippen LogP contribution in [-0.2, 0) is 0 Å². The van der Waals surface area contributed by atoms with Crippen molar-refractivity contribution in [3.8, 4) is 11.3 Å². The second kappa shape index (κ2) is 7.21. The smallest absolute Gasteiger partial charge is 0.148 e. The van der Waals surface area contributed by atoms with Gasteiger partial charge in [0.2, 0.25) is 0 Å². The van der Waals surface area contributed by atoms with Crippen molar-refractivity contribution >= 4 is 29.8 Å². The molecule has 128 valence electrons. The molecule has 1 saturated carbocycles. The molecule has 1 unspecified atom stereocenters. The number of nitrogens with zero attached hydrogens (tertiary/aromatic N) is 2. The zero-order valence-electron chi connectivity index (χ0n) is 13.0. The molecule has 1 aliphatic heterocycles. The van der Waals surface area contributed by atoms with E-state index in [-0.39, 0.29) is 18.2 Å². The highest BCUT2D eigenvalue weighted by Gasteiger charge is 2.37. The molecule has 0 amide bonds. The van der Waals surface area contributed by atoms with Gasteiger partial charge in [-0.3, -0.25) is 0 Å². The lowest BCUT2D eigenvalue weighted by atomic mass is 10.0. The number of fused-ring (bicyclic) bond motifs is 1. The van der Waals surface area contributed by atoms with Crippen molar-refractivity contribution in [2.45, 2.75) is 18.9 Å². The van der Waals surface area contributed by atoms with Crippen LogP contribution < -0.4 is 10.6 Å². The Hall–Kier alpha value is -1.43. The highest BCUT2D eigenvalue weighted by molar-refractivity contribution is 6.33. The Morgan fingerprint density at radius 1 is 1.08 bits per heavy atom. The molecule has 1 saturated heterocycles. The van der Waals surface area contributed by atoms with E-state index in [4.69, 9.17) is 11.6 Å². The summed E-state index contributed by atoms with van der Waals surface area (Å²) in [5.74, 6) is 2.00. The average molecular weight is 369 g/mol. The van der Waals surface area contributed by atoms with Gasteiger partial charge in [-0.1, -0.05) is 11.6 Å². The SMILES string of the molecule is Cl.Fc1ccc(Cl)c(-c2ccc(NC3C[C@H]4CNC[C@H]4C3)nn2)c1. The molecule has 1 aliphatic carbocycles. The van der Waals surface area contributed by atoms with Gasteiger partial charge < -0.3 is 10.6 Å². The van der Waals surface area contributed by atoms with Crippen LogP contribution in [0.1, 0.15) is 12.8 Å². The lowest BCUT2D eigenvalue weighted by Crippen LogP contribution is -2.21. The van der Waals surface area contributed by atoms with Crippen LogP contribution in [0.15, 0.2) is 30.3 Å². The molecule has 3 atom stereocenters. The highest BCUT2D eigenvalue weighted by Crippen LogP contribution is 2.35. The lowest BCUT2D eigenvalue weighted by Gasteiger charge is -2.14. The van der Waals surface area contributed by atoms with Gasteiger partial charge in [-0.15, -0.1) is 22.6 Å². The number of aromatic nitrogens is 2. The zero-order chi connectivity index (χ0) is 15.8. The lowest BCUT2D eigenvalue weighted by molar-refractivity contribution is 0.494. The van der Waals surface area contributed by atoms with Crippen LogP contribution >= 0.6 is 24.0 Å². The fraction of sp³-hybridized carbons (Fsp3) is 0.412. The third kappa shape index (κ3) is 3.48. The first-order chi connectivity index (χ1) is 11.2. The summed E-state index contributed by atoms with van der Waals surface area (Å²) in [6.07, 6.45) is 2.35. The molecule has 4 rings (SSSR count). The topological polar surface area (TPSA) is 49.8 Å². The van der Waals surface area contributed by atoms with Crippen LogP contribution in [-0.4, -0.2) is 29.3 Å². The van der Waals surface area contributed by atoms with Gasteiger partial charge in [-0.2, -0.15) is 0 Å². The van der Waals surface area contributed by atoms with Crippen molar-refractivity contribution in [2.24, 2.45) is 11.8 Å². The summed E-state index contributed by atoms with van der Waals surface area (Å²) < 4.78 is 13.4. The number of halogens is 3. The van der Waals surface area contributed by atoms with Gasteiger partial charge in [0.1, 0.15) is 11.6 Å². The third-order valence-corrected chi connectivity index (χ3v) is 5.20. The van der Waals surface area contributed by atoms with Gasteiger partial charge in [-0.25, -0.2) is 4.39 Å². The monoisotopic (exact) mass is 368 g/mol. The summed E-state index contributed by atoms with van der Waals surface area (Å²) in [5.41, 5.74) is 1.14. The van der Waals surface area contributed by atoms with Crippen molar-refractivity contribution < 1.29 is 4.39 Å². The van der Waals surface area contributed by atoms with Crippen LogP contribution in [0.5, 0.6) is 0 Å². The Bertz CT molecular complexity index is 698. The highest BCUT2D eigenvalue weighted by atomic mass is 35.5. The van der Waals surface area contributed by atoms with Gasteiger partial charge in [0, 0.05) is 11.6 Å². The van der Waals surface area contributed by atoms with Gasteiger partial charge in [0.15, 0.2) is 0 Å². The molecule has 2 aliphatic rings. The van der Waals surface area contributed by atoms with Crippen LogP contribution in [0.3, 0.4) is 0 Å². The maximum Gasteiger partial charge on any atom is 0.148 e. The first-order valence-corrected chi connectivity index (χ1v) is 8.33. The van der Waals surface area contributed by atoms with Gasteiger partial charge >= 0.3 is 0 Å². The van der Waals surface area contributed by atoms with E-state index in [0.717, 1.165) is 30.7 Å². The van der Waals surface area contributed by atoms with Crippen molar-refractivity contribution in [2.75, 3.05) is 18.4 Å². The van der Waals surface area contributed by atoms with Crippen molar-refractivity contribution in [1.82, 2.24) is 15.5 Å². The Morgan fingerprint density at radius 3 is 2.50 bits per heavy atom. The van der Waals surface area contributed by atoms with Crippen molar-refractivity contribution in [3.63, 3.8) is 0 Å². The largest absolute Gasteiger partial charge is 0.366 e. The summed E-state index contributed by atoms with van der Waals surface area (Å²) in [6, 6.07) is 8.42. The molecule has 7 heteroatoms. The number of nitrogens with one attached hydrogen (secondary N) is 2. The average Bonchev–Trinajstić information content (AvgIpc) is 3.12. The number of hydrogen-bond acceptors (Lipinski definition) is 4. The van der Waals surface area contributed by atoms with E-state index >= 15 is 0 Å². The Kier molecular flexibility index (Phi) is 5.23. The molecule has 2 fully saturated rings. The standard InChI is InChI=1S/C17H18ClFN4.ClH/c18-15-2-1-12(19)7-14(15)16-3-4-17(23-22-16)21-13-5-10-8-20-9-11(10)6-13;/h1-4,7,10-11,13,20H,5-6,8-9H2,(H,21,23);1H/t10-,11+,13?;. The van der Waals surface area contributed by atoms with E-state index in [1.807, 2.05) is 12.1 Å². The van der Waals surface area contributed by atoms with E-state index < -0.39 is 0 Å². The van der Waals surface area contributed by atoms with Gasteiger partial charge in [-0.05, 0) is 68.1 Å². The number of hydrogen-bond donors (Lipinski definition) is 2. The number of rotatable bonds is 3. The second-order valence-electron chi connectivity index (χ2n) is 6.42. The molecule has 0 bridgehead atoms. The number of anilines is 1. The van der Waals surface area contributed by atoms with E-state index in [9.17, 15) is 4.39 Å². The molecule has 4 nitrogen and oxygen atoms in total. The van der Waals surface area contributed by atoms with Crippen molar-refractivity contribution in [3.05, 3.63) is 41.2 Å². The molecule has 0 radical (unpaired) electrons. The quantitative estimate of drug-likeness (QED) is 0.865. The maximum absolute atomic E-state index is 13.4. The summed E-state index contributed by atoms with van der Waals surface area (Å²) in [5, 5.41) is 15.8. The molecular formula is C17H19Cl2FN4. The van der Waals surface area contributed by atoms with E-state index in [2.05, 4.69) is 20.8 Å². The van der Waals surface area contributed by atoms with E-state index in [1.165, 1.54) is 31.0 Å². The molecule has 2 aromatic rings. The molecule has 2 N–H and O–H groups in total. The molecule has 2 heterocycles. The van der Waals surface area contributed by atoms with Crippen LogP contribution in [0.2, 0.25) is 5.02 Å². The fourth-order valence-electron chi connectivity index (χ4n) is 3.74. The molecular weight excluding hydrogens is 350 g/mol. The van der Waals surface area contributed by atoms with Gasteiger partial charge in [0.25, 0.3) is 0 Å². The third-order valence-electron chi connectivity index (χ3n) is 4.88. The molecule has 1 aromatic carbocycles. The minimum absolute atomic E-state index is 0. The minimum atomic E-state index is -0.334. The summed E-state index contributed by atoms with van der Waals surface area (Å²) >= 11 is 6.11. The van der Waals surface area contributed by atoms with Crippen LogP contribution in [0.4, 0.5) is 10.2 Å². The fourth-order valence-corrected chi connectivity index (χ4v) is 3.95. The maximum atomic E-state index is 13.4. The molecule has 0 spiro atoms. The molecule has 24 heavy (non-hydrogen) atoms. The Morgan fingerprint density at radius 2 is 1.83 bits per heavy atom. The first-order valence-electron chi connectivity index (χ1n) is 7.95. The zero-order valence-corrected chi connectivity index (χ0v) is 14.6. The summed E-state index contributed by atoms with van der Waals surface area (Å²) in [4.78, 5) is 0. The van der Waals surface area contributed by atoms with Crippen molar-refractivity contribution in [1.29, 1.82) is 0 Å². The Labute approximate surface area is 151 Å². The van der Waals surface area contributed by atoms with Gasteiger partial charge in [0.05, 0.1) is 10.7 Å². The second-order valence-corrected chi connectivity index (χ2v) is 6.83. The predicted octanol–water partition coefficient (Wildman–Crippen LogP) is 3.77. The van der Waals surface area contributed by atoms with E-state index in [1.54, 1.807) is 0 Å².